The molecular weight excluding hydrogens is 462 g/mol. The third-order valence-corrected chi connectivity index (χ3v) is 7.46. The maximum absolute atomic E-state index is 13.5. The van der Waals surface area contributed by atoms with E-state index in [0.717, 1.165) is 33.5 Å². The van der Waals surface area contributed by atoms with Crippen LogP contribution in [0.4, 0.5) is 5.69 Å². The van der Waals surface area contributed by atoms with Gasteiger partial charge in [-0.1, -0.05) is 65.4 Å². The van der Waals surface area contributed by atoms with Crippen molar-refractivity contribution in [1.29, 1.82) is 0 Å². The minimum atomic E-state index is -0.133. The van der Waals surface area contributed by atoms with E-state index in [9.17, 15) is 9.59 Å². The van der Waals surface area contributed by atoms with Gasteiger partial charge in [-0.05, 0) is 44.4 Å². The van der Waals surface area contributed by atoms with Gasteiger partial charge in [0, 0.05) is 23.2 Å². The lowest BCUT2D eigenvalue weighted by molar-refractivity contribution is -0.113. The van der Waals surface area contributed by atoms with Crippen molar-refractivity contribution in [2.45, 2.75) is 39.4 Å². The third kappa shape index (κ3) is 4.86. The van der Waals surface area contributed by atoms with Crippen molar-refractivity contribution in [2.24, 2.45) is 0 Å². The van der Waals surface area contributed by atoms with Crippen LogP contribution in [0.25, 0.3) is 21.3 Å². The van der Waals surface area contributed by atoms with Gasteiger partial charge in [-0.2, -0.15) is 0 Å². The predicted octanol–water partition coefficient (Wildman–Crippen LogP) is 6.28. The predicted molar refractivity (Wildman–Crippen MR) is 144 cm³/mol. The highest BCUT2D eigenvalue weighted by atomic mass is 32.2. The molecule has 2 heterocycles. The van der Waals surface area contributed by atoms with Gasteiger partial charge in [-0.25, -0.2) is 4.98 Å². The van der Waals surface area contributed by atoms with E-state index in [1.165, 1.54) is 28.7 Å². The van der Waals surface area contributed by atoms with Crippen molar-refractivity contribution in [2.75, 3.05) is 11.1 Å². The van der Waals surface area contributed by atoms with Crippen LogP contribution in [0.3, 0.4) is 0 Å². The molecule has 2 aromatic heterocycles. The third-order valence-electron chi connectivity index (χ3n) is 5.61. The summed E-state index contributed by atoms with van der Waals surface area (Å²) in [6, 6.07) is 12.2. The maximum Gasteiger partial charge on any atom is 0.263 e. The van der Waals surface area contributed by atoms with Crippen molar-refractivity contribution < 1.29 is 4.79 Å². The molecule has 0 aliphatic rings. The summed E-state index contributed by atoms with van der Waals surface area (Å²) in [5.74, 6) is 0.0176. The molecule has 174 valence electrons. The molecule has 0 aliphatic heterocycles. The molecular formula is C27H27N3O2S2. The second kappa shape index (κ2) is 9.99. The van der Waals surface area contributed by atoms with Gasteiger partial charge in [0.05, 0.1) is 11.1 Å². The van der Waals surface area contributed by atoms with Crippen molar-refractivity contribution in [1.82, 2.24) is 9.55 Å². The molecule has 0 spiro atoms. The number of allylic oxidation sites excluding steroid dienone is 1. The minimum absolute atomic E-state index is 0.116. The molecule has 0 atom stereocenters. The highest BCUT2D eigenvalue weighted by Crippen LogP contribution is 2.32. The Hall–Kier alpha value is -3.16. The van der Waals surface area contributed by atoms with Crippen LogP contribution in [-0.2, 0) is 11.3 Å². The van der Waals surface area contributed by atoms with Gasteiger partial charge in [0.1, 0.15) is 4.83 Å². The number of hydrogen-bond acceptors (Lipinski definition) is 5. The molecule has 0 fully saturated rings. The molecule has 1 amide bonds. The fourth-order valence-corrected chi connectivity index (χ4v) is 5.83. The SMILES string of the molecule is C=CCn1c(SCC(=O)Nc2c(C)cc(C)cc2C)nc2scc(-c3ccc(C)cc3)c2c1=O. The number of rotatable bonds is 7. The number of thioether (sulfide) groups is 1. The van der Waals surface area contributed by atoms with E-state index < -0.39 is 0 Å². The van der Waals surface area contributed by atoms with Gasteiger partial charge in [-0.15, -0.1) is 17.9 Å². The number of anilines is 1. The number of carbonyl (C=O) groups excluding carboxylic acids is 1. The van der Waals surface area contributed by atoms with E-state index in [1.54, 1.807) is 10.6 Å². The summed E-state index contributed by atoms with van der Waals surface area (Å²) in [6.07, 6.45) is 1.68. The molecule has 0 radical (unpaired) electrons. The number of nitrogens with one attached hydrogen (secondary N) is 1. The monoisotopic (exact) mass is 489 g/mol. The van der Waals surface area contributed by atoms with Crippen LogP contribution in [-0.4, -0.2) is 21.2 Å². The van der Waals surface area contributed by atoms with Gasteiger partial charge in [-0.3, -0.25) is 14.2 Å². The molecule has 0 saturated carbocycles. The van der Waals surface area contributed by atoms with Gasteiger partial charge in [0.2, 0.25) is 5.91 Å². The second-order valence-corrected chi connectivity index (χ2v) is 10.2. The van der Waals surface area contributed by atoms with E-state index in [4.69, 9.17) is 4.98 Å². The summed E-state index contributed by atoms with van der Waals surface area (Å²) >= 11 is 2.71. The van der Waals surface area contributed by atoms with E-state index >= 15 is 0 Å². The zero-order valence-electron chi connectivity index (χ0n) is 19.8. The van der Waals surface area contributed by atoms with Crippen LogP contribution in [0.5, 0.6) is 0 Å². The highest BCUT2D eigenvalue weighted by Gasteiger charge is 2.18. The van der Waals surface area contributed by atoms with E-state index in [2.05, 4.69) is 24.0 Å². The molecule has 0 unspecified atom stereocenters. The van der Waals surface area contributed by atoms with Gasteiger partial charge in [0.25, 0.3) is 5.56 Å². The zero-order chi connectivity index (χ0) is 24.4. The Labute approximate surface area is 207 Å². The fraction of sp³-hybridized carbons (Fsp3) is 0.222. The second-order valence-electron chi connectivity index (χ2n) is 8.40. The molecule has 4 rings (SSSR count). The van der Waals surface area contributed by atoms with Crippen LogP contribution in [0, 0.1) is 27.7 Å². The van der Waals surface area contributed by atoms with Crippen LogP contribution >= 0.6 is 23.1 Å². The Balaban J connectivity index is 1.63. The molecule has 0 aliphatic carbocycles. The van der Waals surface area contributed by atoms with Crippen LogP contribution < -0.4 is 10.9 Å². The lowest BCUT2D eigenvalue weighted by Crippen LogP contribution is -2.23. The smallest absolute Gasteiger partial charge is 0.263 e. The quantitative estimate of drug-likeness (QED) is 0.189. The van der Waals surface area contributed by atoms with Crippen LogP contribution in [0.15, 0.2) is 64.4 Å². The first-order valence-electron chi connectivity index (χ1n) is 11.0. The highest BCUT2D eigenvalue weighted by molar-refractivity contribution is 7.99. The largest absolute Gasteiger partial charge is 0.325 e. The van der Waals surface area contributed by atoms with E-state index in [1.807, 2.05) is 57.3 Å². The normalized spacial score (nSPS) is 11.1. The van der Waals surface area contributed by atoms with Crippen molar-refractivity contribution >= 4 is 44.9 Å². The topological polar surface area (TPSA) is 64.0 Å². The summed E-state index contributed by atoms with van der Waals surface area (Å²) in [7, 11) is 0. The fourth-order valence-electron chi connectivity index (χ4n) is 4.03. The number of aryl methyl sites for hydroxylation is 4. The Morgan fingerprint density at radius 3 is 2.44 bits per heavy atom. The molecule has 0 saturated heterocycles. The summed E-state index contributed by atoms with van der Waals surface area (Å²) in [6.45, 7) is 12.2. The first kappa shape index (κ1) is 24.0. The molecule has 1 N–H and O–H groups in total. The molecule has 4 aromatic rings. The molecule has 34 heavy (non-hydrogen) atoms. The number of benzene rings is 2. The average molecular weight is 490 g/mol. The summed E-state index contributed by atoms with van der Waals surface area (Å²) in [5.41, 5.74) is 6.98. The summed E-state index contributed by atoms with van der Waals surface area (Å²) in [4.78, 5) is 31.7. The number of carbonyl (C=O) groups is 1. The Morgan fingerprint density at radius 1 is 1.12 bits per heavy atom. The van der Waals surface area contributed by atoms with Crippen LogP contribution in [0.1, 0.15) is 22.3 Å². The number of hydrogen-bond donors (Lipinski definition) is 1. The molecule has 7 heteroatoms. The van der Waals surface area contributed by atoms with E-state index in [0.29, 0.717) is 21.9 Å². The average Bonchev–Trinajstić information content (AvgIpc) is 3.21. The number of amides is 1. The Morgan fingerprint density at radius 2 is 1.79 bits per heavy atom. The number of fused-ring (bicyclic) bond motifs is 1. The first-order chi connectivity index (χ1) is 16.3. The van der Waals surface area contributed by atoms with E-state index in [-0.39, 0.29) is 17.2 Å². The molecule has 2 aromatic carbocycles. The number of nitrogens with zero attached hydrogens (tertiary/aromatic N) is 2. The lowest BCUT2D eigenvalue weighted by atomic mass is 10.1. The number of thiophene rings is 1. The maximum atomic E-state index is 13.5. The first-order valence-corrected chi connectivity index (χ1v) is 12.9. The van der Waals surface area contributed by atoms with Crippen LogP contribution in [0.2, 0.25) is 0 Å². The summed E-state index contributed by atoms with van der Waals surface area (Å²) < 4.78 is 1.60. The number of aromatic nitrogens is 2. The van der Waals surface area contributed by atoms with Gasteiger partial charge in [0.15, 0.2) is 5.16 Å². The van der Waals surface area contributed by atoms with Crippen molar-refractivity contribution in [3.8, 4) is 11.1 Å². The Kier molecular flexibility index (Phi) is 7.05. The standard InChI is InChI=1S/C27H27N3O2S2/c1-6-11-30-26(32)23-21(20-9-7-16(2)8-10-20)14-33-25(23)29-27(30)34-15-22(31)28-24-18(4)12-17(3)13-19(24)5/h6-10,12-14H,1,11,15H2,2-5H3,(H,28,31). The molecule has 0 bridgehead atoms. The van der Waals surface area contributed by atoms with Crippen molar-refractivity contribution in [3.63, 3.8) is 0 Å². The Bertz CT molecular complexity index is 1430. The van der Waals surface area contributed by atoms with Gasteiger partial charge >= 0.3 is 0 Å². The summed E-state index contributed by atoms with van der Waals surface area (Å²) in [5, 5.41) is 6.12. The minimum Gasteiger partial charge on any atom is -0.325 e. The van der Waals surface area contributed by atoms with Crippen molar-refractivity contribution in [3.05, 3.63) is 87.0 Å². The zero-order valence-corrected chi connectivity index (χ0v) is 21.4. The molecule has 5 nitrogen and oxygen atoms in total. The van der Waals surface area contributed by atoms with Gasteiger partial charge < -0.3 is 5.32 Å². The lowest BCUT2D eigenvalue weighted by Gasteiger charge is -2.14.